The number of hydrogen-bond acceptors (Lipinski definition) is 4. The largest absolute Gasteiger partial charge is 0.479 e. The summed E-state index contributed by atoms with van der Waals surface area (Å²) in [6.45, 7) is -0.0400. The third kappa shape index (κ3) is 2.50. The van der Waals surface area contributed by atoms with Crippen molar-refractivity contribution in [3.8, 4) is 23.6 Å². The Hall–Kier alpha value is -2.72. The third-order valence-electron chi connectivity index (χ3n) is 2.39. The Morgan fingerprint density at radius 2 is 1.67 bits per heavy atom. The van der Waals surface area contributed by atoms with Gasteiger partial charge in [0.1, 0.15) is 23.6 Å². The molecule has 0 bridgehead atoms. The van der Waals surface area contributed by atoms with Crippen LogP contribution in [0, 0.1) is 22.7 Å². The van der Waals surface area contributed by atoms with Crippen LogP contribution in [0.3, 0.4) is 0 Å². The monoisotopic (exact) mass is 238 g/mol. The highest BCUT2D eigenvalue weighted by molar-refractivity contribution is 5.89. The molecule has 2 aromatic rings. The van der Waals surface area contributed by atoms with Gasteiger partial charge in [0.2, 0.25) is 0 Å². The molecule has 0 aliphatic carbocycles. The van der Waals surface area contributed by atoms with E-state index < -0.39 is 0 Å². The molecule has 88 valence electrons. The second-order valence-corrected chi connectivity index (χ2v) is 3.54. The normalized spacial score (nSPS) is 9.44. The van der Waals surface area contributed by atoms with Gasteiger partial charge in [0, 0.05) is 11.5 Å². The molecule has 0 saturated carbocycles. The fourth-order valence-electron chi connectivity index (χ4n) is 1.68. The number of rotatable bonds is 4. The smallest absolute Gasteiger partial charge is 0.174 e. The molecule has 0 heterocycles. The van der Waals surface area contributed by atoms with Gasteiger partial charge in [-0.05, 0) is 11.5 Å². The van der Waals surface area contributed by atoms with E-state index in [1.165, 1.54) is 0 Å². The fraction of sp³-hybridized carbons (Fsp3) is 0.143. The second-order valence-electron chi connectivity index (χ2n) is 3.54. The average molecular weight is 238 g/mol. The van der Waals surface area contributed by atoms with Gasteiger partial charge < -0.3 is 9.47 Å². The SMILES string of the molecule is N#CCOc1cc(OCC#N)c2ccccc2c1. The Balaban J connectivity index is 2.44. The highest BCUT2D eigenvalue weighted by atomic mass is 16.5. The highest BCUT2D eigenvalue weighted by Gasteiger charge is 2.05. The van der Waals surface area contributed by atoms with Crippen molar-refractivity contribution < 1.29 is 9.47 Å². The summed E-state index contributed by atoms with van der Waals surface area (Å²) in [5.74, 6) is 1.14. The first-order chi connectivity index (χ1) is 8.85. The lowest BCUT2D eigenvalue weighted by atomic mass is 10.1. The van der Waals surface area contributed by atoms with E-state index in [9.17, 15) is 0 Å². The molecule has 18 heavy (non-hydrogen) atoms. The molecule has 2 rings (SSSR count). The van der Waals surface area contributed by atoms with E-state index in [1.54, 1.807) is 6.07 Å². The summed E-state index contributed by atoms with van der Waals surface area (Å²) in [7, 11) is 0. The van der Waals surface area contributed by atoms with E-state index in [-0.39, 0.29) is 13.2 Å². The van der Waals surface area contributed by atoms with Crippen LogP contribution >= 0.6 is 0 Å². The molecule has 0 spiro atoms. The minimum absolute atomic E-state index is 0.0178. The molecule has 4 nitrogen and oxygen atoms in total. The summed E-state index contributed by atoms with van der Waals surface area (Å²) in [5, 5.41) is 18.9. The Bertz CT molecular complexity index is 638. The van der Waals surface area contributed by atoms with E-state index in [1.807, 2.05) is 42.5 Å². The third-order valence-corrected chi connectivity index (χ3v) is 2.39. The zero-order valence-corrected chi connectivity index (χ0v) is 9.59. The van der Waals surface area contributed by atoms with Crippen LogP contribution in [-0.4, -0.2) is 13.2 Å². The molecule has 2 aromatic carbocycles. The fourth-order valence-corrected chi connectivity index (χ4v) is 1.68. The maximum Gasteiger partial charge on any atom is 0.174 e. The van der Waals surface area contributed by atoms with E-state index in [4.69, 9.17) is 20.0 Å². The summed E-state index contributed by atoms with van der Waals surface area (Å²) in [5.41, 5.74) is 0. The van der Waals surface area contributed by atoms with Gasteiger partial charge in [0.15, 0.2) is 13.2 Å². The molecule has 0 aliphatic heterocycles. The first kappa shape index (κ1) is 11.8. The molecular weight excluding hydrogens is 228 g/mol. The van der Waals surface area contributed by atoms with Crippen molar-refractivity contribution in [1.29, 1.82) is 10.5 Å². The predicted molar refractivity (Wildman–Crippen MR) is 66.2 cm³/mol. The standard InChI is InChI=1S/C14H10N2O2/c15-5-7-17-12-9-11-3-1-2-4-13(11)14(10-12)18-8-6-16/h1-4,9-10H,7-8H2. The minimum Gasteiger partial charge on any atom is -0.479 e. The quantitative estimate of drug-likeness (QED) is 0.821. The van der Waals surface area contributed by atoms with Crippen molar-refractivity contribution in [1.82, 2.24) is 0 Å². The van der Waals surface area contributed by atoms with E-state index in [0.29, 0.717) is 11.5 Å². The molecule has 0 atom stereocenters. The van der Waals surface area contributed by atoms with Crippen molar-refractivity contribution in [2.24, 2.45) is 0 Å². The molecule has 0 fully saturated rings. The Morgan fingerprint density at radius 1 is 0.944 bits per heavy atom. The summed E-state index contributed by atoms with van der Waals surface area (Å²) >= 11 is 0. The summed E-state index contributed by atoms with van der Waals surface area (Å²) < 4.78 is 10.6. The zero-order chi connectivity index (χ0) is 12.8. The molecule has 0 unspecified atom stereocenters. The Kier molecular flexibility index (Phi) is 3.63. The number of benzene rings is 2. The number of ether oxygens (including phenoxy) is 2. The number of hydrogen-bond donors (Lipinski definition) is 0. The minimum atomic E-state index is -0.0221. The lowest BCUT2D eigenvalue weighted by Crippen LogP contribution is -1.97. The Labute approximate surface area is 105 Å². The molecule has 0 amide bonds. The van der Waals surface area contributed by atoms with Crippen molar-refractivity contribution in [2.75, 3.05) is 13.2 Å². The van der Waals surface area contributed by atoms with Gasteiger partial charge in [-0.15, -0.1) is 0 Å². The van der Waals surface area contributed by atoms with Crippen molar-refractivity contribution in [3.63, 3.8) is 0 Å². The lowest BCUT2D eigenvalue weighted by molar-refractivity contribution is 0.353. The number of nitriles is 2. The zero-order valence-electron chi connectivity index (χ0n) is 9.59. The number of nitrogens with zero attached hydrogens (tertiary/aromatic N) is 2. The average Bonchev–Trinajstić information content (AvgIpc) is 2.42. The summed E-state index contributed by atoms with van der Waals surface area (Å²) in [6, 6.07) is 15.0. The molecule has 0 aromatic heterocycles. The van der Waals surface area contributed by atoms with Gasteiger partial charge >= 0.3 is 0 Å². The van der Waals surface area contributed by atoms with Crippen LogP contribution < -0.4 is 9.47 Å². The molecule has 0 aliphatic rings. The molecule has 0 radical (unpaired) electrons. The van der Waals surface area contributed by atoms with Crippen LogP contribution in [0.5, 0.6) is 11.5 Å². The van der Waals surface area contributed by atoms with Crippen LogP contribution in [0.4, 0.5) is 0 Å². The molecular formula is C14H10N2O2. The topological polar surface area (TPSA) is 66.0 Å². The van der Waals surface area contributed by atoms with Gasteiger partial charge in [-0.25, -0.2) is 0 Å². The number of fused-ring (bicyclic) bond motifs is 1. The second kappa shape index (κ2) is 5.56. The molecule has 0 saturated heterocycles. The molecule has 4 heteroatoms. The van der Waals surface area contributed by atoms with Gasteiger partial charge in [0.25, 0.3) is 0 Å². The van der Waals surface area contributed by atoms with E-state index >= 15 is 0 Å². The van der Waals surface area contributed by atoms with Crippen LogP contribution in [0.1, 0.15) is 0 Å². The van der Waals surface area contributed by atoms with Crippen molar-refractivity contribution in [2.45, 2.75) is 0 Å². The summed E-state index contributed by atoms with van der Waals surface area (Å²) in [6.07, 6.45) is 0. The molecule has 0 N–H and O–H groups in total. The van der Waals surface area contributed by atoms with E-state index in [2.05, 4.69) is 0 Å². The van der Waals surface area contributed by atoms with Crippen LogP contribution in [0.2, 0.25) is 0 Å². The Morgan fingerprint density at radius 3 is 2.44 bits per heavy atom. The first-order valence-electron chi connectivity index (χ1n) is 5.37. The van der Waals surface area contributed by atoms with Crippen molar-refractivity contribution >= 4 is 10.8 Å². The van der Waals surface area contributed by atoms with Crippen LogP contribution in [-0.2, 0) is 0 Å². The van der Waals surface area contributed by atoms with E-state index in [0.717, 1.165) is 10.8 Å². The van der Waals surface area contributed by atoms with Crippen LogP contribution in [0.15, 0.2) is 36.4 Å². The van der Waals surface area contributed by atoms with Crippen LogP contribution in [0.25, 0.3) is 10.8 Å². The van der Waals surface area contributed by atoms with Crippen molar-refractivity contribution in [3.05, 3.63) is 36.4 Å². The van der Waals surface area contributed by atoms with Gasteiger partial charge in [-0.1, -0.05) is 24.3 Å². The first-order valence-corrected chi connectivity index (χ1v) is 5.37. The predicted octanol–water partition coefficient (Wildman–Crippen LogP) is 2.64. The van der Waals surface area contributed by atoms with Gasteiger partial charge in [-0.3, -0.25) is 0 Å². The lowest BCUT2D eigenvalue weighted by Gasteiger charge is -2.09. The highest BCUT2D eigenvalue weighted by Crippen LogP contribution is 2.31. The van der Waals surface area contributed by atoms with Gasteiger partial charge in [-0.2, -0.15) is 10.5 Å². The van der Waals surface area contributed by atoms with Gasteiger partial charge in [0.05, 0.1) is 0 Å². The summed E-state index contributed by atoms with van der Waals surface area (Å²) in [4.78, 5) is 0. The maximum absolute atomic E-state index is 8.56. The maximum atomic E-state index is 8.56.